The topological polar surface area (TPSA) is 84.5 Å². The van der Waals surface area contributed by atoms with E-state index >= 15 is 0 Å². The predicted molar refractivity (Wildman–Crippen MR) is 118 cm³/mol. The standard InChI is InChI=1S/C23H23FN2O4S/c1-3-17-6-4-5-16(2)23(17)25-22(27)15-30-20-11-13-21(14-12-20)31(28,29)26-19-9-7-18(24)8-10-19/h4-14,26H,3,15H2,1-2H3,(H,25,27). The van der Waals surface area contributed by atoms with Gasteiger partial charge in [-0.2, -0.15) is 0 Å². The third kappa shape index (κ3) is 5.82. The van der Waals surface area contributed by atoms with Gasteiger partial charge >= 0.3 is 0 Å². The van der Waals surface area contributed by atoms with Crippen molar-refractivity contribution in [2.75, 3.05) is 16.6 Å². The van der Waals surface area contributed by atoms with Crippen LogP contribution in [-0.2, 0) is 21.2 Å². The van der Waals surface area contributed by atoms with Crippen LogP contribution in [0.5, 0.6) is 5.75 Å². The highest BCUT2D eigenvalue weighted by Crippen LogP contribution is 2.22. The fourth-order valence-electron chi connectivity index (χ4n) is 2.97. The zero-order chi connectivity index (χ0) is 22.4. The van der Waals surface area contributed by atoms with Gasteiger partial charge in [-0.1, -0.05) is 25.1 Å². The summed E-state index contributed by atoms with van der Waals surface area (Å²) in [6, 6.07) is 16.5. The lowest BCUT2D eigenvalue weighted by molar-refractivity contribution is -0.118. The van der Waals surface area contributed by atoms with Crippen LogP contribution in [0.2, 0.25) is 0 Å². The number of carbonyl (C=O) groups excluding carboxylic acids is 1. The molecular formula is C23H23FN2O4S. The van der Waals surface area contributed by atoms with E-state index in [1.807, 2.05) is 32.0 Å². The molecule has 0 aliphatic carbocycles. The number of carbonyl (C=O) groups is 1. The molecule has 0 aliphatic rings. The molecule has 3 aromatic carbocycles. The van der Waals surface area contributed by atoms with Gasteiger partial charge in [-0.05, 0) is 73.0 Å². The Morgan fingerprint density at radius 1 is 1.00 bits per heavy atom. The first-order valence-electron chi connectivity index (χ1n) is 9.68. The minimum absolute atomic E-state index is 0.0149. The normalized spacial score (nSPS) is 11.1. The number of anilines is 2. The number of hydrogen-bond donors (Lipinski definition) is 2. The van der Waals surface area contributed by atoms with E-state index < -0.39 is 15.8 Å². The lowest BCUT2D eigenvalue weighted by atomic mass is 10.1. The van der Waals surface area contributed by atoms with Crippen molar-refractivity contribution in [1.82, 2.24) is 0 Å². The van der Waals surface area contributed by atoms with Gasteiger partial charge < -0.3 is 10.1 Å². The average Bonchev–Trinajstić information content (AvgIpc) is 2.75. The zero-order valence-electron chi connectivity index (χ0n) is 17.2. The van der Waals surface area contributed by atoms with E-state index in [1.165, 1.54) is 48.5 Å². The number of amides is 1. The lowest BCUT2D eigenvalue weighted by Gasteiger charge is -2.13. The second kappa shape index (κ2) is 9.61. The van der Waals surface area contributed by atoms with E-state index in [-0.39, 0.29) is 23.1 Å². The molecule has 0 unspecified atom stereocenters. The van der Waals surface area contributed by atoms with Crippen molar-refractivity contribution in [2.24, 2.45) is 0 Å². The number of halogens is 1. The molecule has 8 heteroatoms. The Morgan fingerprint density at radius 3 is 2.32 bits per heavy atom. The summed E-state index contributed by atoms with van der Waals surface area (Å²) in [6.45, 7) is 3.73. The first-order valence-corrected chi connectivity index (χ1v) is 11.2. The number of rotatable bonds is 8. The molecule has 0 aliphatic heterocycles. The molecule has 3 rings (SSSR count). The summed E-state index contributed by atoms with van der Waals surface area (Å²) >= 11 is 0. The highest BCUT2D eigenvalue weighted by atomic mass is 32.2. The molecule has 0 radical (unpaired) electrons. The molecule has 1 amide bonds. The molecule has 0 spiro atoms. The van der Waals surface area contributed by atoms with Gasteiger partial charge in [0, 0.05) is 11.4 Å². The zero-order valence-corrected chi connectivity index (χ0v) is 18.0. The molecule has 0 aromatic heterocycles. The molecule has 162 valence electrons. The molecule has 0 heterocycles. The van der Waals surface area contributed by atoms with Crippen molar-refractivity contribution in [3.8, 4) is 5.75 Å². The smallest absolute Gasteiger partial charge is 0.262 e. The largest absolute Gasteiger partial charge is 0.484 e. The molecule has 3 aromatic rings. The first-order chi connectivity index (χ1) is 14.8. The maximum absolute atomic E-state index is 13.0. The first kappa shape index (κ1) is 22.3. The monoisotopic (exact) mass is 442 g/mol. The summed E-state index contributed by atoms with van der Waals surface area (Å²) in [6.07, 6.45) is 0.792. The van der Waals surface area contributed by atoms with Crippen molar-refractivity contribution in [3.05, 3.63) is 83.7 Å². The average molecular weight is 443 g/mol. The number of para-hydroxylation sites is 1. The quantitative estimate of drug-likeness (QED) is 0.537. The molecule has 6 nitrogen and oxygen atoms in total. The highest BCUT2D eigenvalue weighted by molar-refractivity contribution is 7.92. The summed E-state index contributed by atoms with van der Waals surface area (Å²) < 4.78 is 45.7. The molecule has 31 heavy (non-hydrogen) atoms. The minimum Gasteiger partial charge on any atom is -0.484 e. The van der Waals surface area contributed by atoms with E-state index in [9.17, 15) is 17.6 Å². The Balaban J connectivity index is 1.60. The van der Waals surface area contributed by atoms with Crippen LogP contribution in [0.15, 0.2) is 71.6 Å². The minimum atomic E-state index is -3.83. The second-order valence-corrected chi connectivity index (χ2v) is 8.57. The molecule has 2 N–H and O–H groups in total. The van der Waals surface area contributed by atoms with Crippen LogP contribution in [-0.4, -0.2) is 20.9 Å². The van der Waals surface area contributed by atoms with Gasteiger partial charge in [-0.15, -0.1) is 0 Å². The number of ether oxygens (including phenoxy) is 1. The third-order valence-electron chi connectivity index (χ3n) is 4.60. The van der Waals surface area contributed by atoms with Gasteiger partial charge in [-0.3, -0.25) is 9.52 Å². The van der Waals surface area contributed by atoms with E-state index in [1.54, 1.807) is 0 Å². The van der Waals surface area contributed by atoms with Crippen LogP contribution in [0.4, 0.5) is 15.8 Å². The Hall–Kier alpha value is -3.39. The van der Waals surface area contributed by atoms with Gasteiger partial charge in [0.2, 0.25) is 0 Å². The van der Waals surface area contributed by atoms with Crippen LogP contribution in [0.25, 0.3) is 0 Å². The van der Waals surface area contributed by atoms with Crippen molar-refractivity contribution < 1.29 is 22.3 Å². The van der Waals surface area contributed by atoms with Crippen molar-refractivity contribution in [1.29, 1.82) is 0 Å². The molecule has 0 fully saturated rings. The Morgan fingerprint density at radius 2 is 1.68 bits per heavy atom. The maximum Gasteiger partial charge on any atom is 0.262 e. The molecule has 0 saturated carbocycles. The highest BCUT2D eigenvalue weighted by Gasteiger charge is 2.15. The number of aryl methyl sites for hydroxylation is 2. The Labute approximate surface area is 181 Å². The van der Waals surface area contributed by atoms with Crippen molar-refractivity contribution >= 4 is 27.3 Å². The summed E-state index contributed by atoms with van der Waals surface area (Å²) in [5, 5.41) is 2.87. The van der Waals surface area contributed by atoms with Gasteiger partial charge in [-0.25, -0.2) is 12.8 Å². The fraction of sp³-hybridized carbons (Fsp3) is 0.174. The number of hydrogen-bond acceptors (Lipinski definition) is 4. The SMILES string of the molecule is CCc1cccc(C)c1NC(=O)COc1ccc(S(=O)(=O)Nc2ccc(F)cc2)cc1. The molecule has 0 bridgehead atoms. The van der Waals surface area contributed by atoms with E-state index in [4.69, 9.17) is 4.74 Å². The van der Waals surface area contributed by atoms with Crippen molar-refractivity contribution in [3.63, 3.8) is 0 Å². The number of nitrogens with one attached hydrogen (secondary N) is 2. The Bertz CT molecular complexity index is 1160. The van der Waals surface area contributed by atoms with Gasteiger partial charge in [0.25, 0.3) is 15.9 Å². The van der Waals surface area contributed by atoms with Crippen LogP contribution < -0.4 is 14.8 Å². The van der Waals surface area contributed by atoms with E-state index in [0.29, 0.717) is 5.75 Å². The van der Waals surface area contributed by atoms with Gasteiger partial charge in [0.05, 0.1) is 4.90 Å². The lowest BCUT2D eigenvalue weighted by Crippen LogP contribution is -2.21. The van der Waals surface area contributed by atoms with Crippen LogP contribution in [0.1, 0.15) is 18.1 Å². The van der Waals surface area contributed by atoms with Crippen LogP contribution in [0, 0.1) is 12.7 Å². The molecular weight excluding hydrogens is 419 g/mol. The van der Waals surface area contributed by atoms with Crippen molar-refractivity contribution in [2.45, 2.75) is 25.2 Å². The number of benzene rings is 3. The van der Waals surface area contributed by atoms with Gasteiger partial charge in [0.1, 0.15) is 11.6 Å². The fourth-order valence-corrected chi connectivity index (χ4v) is 4.03. The van der Waals surface area contributed by atoms with E-state index in [0.717, 1.165) is 23.2 Å². The molecule has 0 atom stereocenters. The molecule has 0 saturated heterocycles. The predicted octanol–water partition coefficient (Wildman–Crippen LogP) is 4.51. The summed E-state index contributed by atoms with van der Waals surface area (Å²) in [5.74, 6) is -0.406. The number of sulfonamides is 1. The summed E-state index contributed by atoms with van der Waals surface area (Å²) in [4.78, 5) is 12.3. The Kier molecular flexibility index (Phi) is 6.91. The maximum atomic E-state index is 13.0. The van der Waals surface area contributed by atoms with Crippen LogP contribution >= 0.6 is 0 Å². The van der Waals surface area contributed by atoms with Gasteiger partial charge in [0.15, 0.2) is 6.61 Å². The van der Waals surface area contributed by atoms with Crippen LogP contribution in [0.3, 0.4) is 0 Å². The second-order valence-electron chi connectivity index (χ2n) is 6.88. The third-order valence-corrected chi connectivity index (χ3v) is 6.00. The summed E-state index contributed by atoms with van der Waals surface area (Å²) in [5.41, 5.74) is 3.04. The summed E-state index contributed by atoms with van der Waals surface area (Å²) in [7, 11) is -3.83. The van der Waals surface area contributed by atoms with E-state index in [2.05, 4.69) is 10.0 Å².